The Kier molecular flexibility index (Phi) is 5.88. The number of aromatic amines is 1. The number of hydrogen-bond donors (Lipinski definition) is 1. The molecule has 0 aliphatic carbocycles. The van der Waals surface area contributed by atoms with Gasteiger partial charge >= 0.3 is 0 Å². The van der Waals surface area contributed by atoms with Crippen molar-refractivity contribution in [3.05, 3.63) is 24.8 Å². The summed E-state index contributed by atoms with van der Waals surface area (Å²) in [7, 11) is -0.667. The van der Waals surface area contributed by atoms with Gasteiger partial charge in [0.05, 0.1) is 0 Å². The number of hydrogen-bond acceptors (Lipinski definition) is 1. The highest BCUT2D eigenvalue weighted by atomic mass is 35.6. The standard InChI is InChI=1S/C5H6N2.C2H7ClSi/c1-2-5-6-3-4-7-5;1-4(2)3/h2-4H,1H2,(H,6,7);4H,1-2H3. The smallest absolute Gasteiger partial charge is 0.134 e. The molecule has 0 atom stereocenters. The van der Waals surface area contributed by atoms with Crippen LogP contribution in [0.4, 0.5) is 0 Å². The molecular weight excluding hydrogens is 176 g/mol. The maximum atomic E-state index is 5.41. The Bertz CT molecular complexity index is 182. The second-order valence-electron chi connectivity index (χ2n) is 2.19. The lowest BCUT2D eigenvalue weighted by atomic mass is 10.6. The first-order valence-electron chi connectivity index (χ1n) is 3.42. The van der Waals surface area contributed by atoms with Crippen LogP contribution in [0.5, 0.6) is 0 Å². The zero-order valence-electron chi connectivity index (χ0n) is 6.84. The van der Waals surface area contributed by atoms with E-state index in [0.717, 1.165) is 5.82 Å². The van der Waals surface area contributed by atoms with E-state index in [0.29, 0.717) is 0 Å². The van der Waals surface area contributed by atoms with Crippen molar-refractivity contribution < 1.29 is 0 Å². The van der Waals surface area contributed by atoms with Crippen LogP contribution < -0.4 is 0 Å². The van der Waals surface area contributed by atoms with Gasteiger partial charge in [0.25, 0.3) is 0 Å². The van der Waals surface area contributed by atoms with Gasteiger partial charge < -0.3 is 4.98 Å². The van der Waals surface area contributed by atoms with E-state index in [2.05, 4.69) is 29.6 Å². The van der Waals surface area contributed by atoms with Crippen molar-refractivity contribution >= 4 is 25.3 Å². The van der Waals surface area contributed by atoms with E-state index in [1.54, 1.807) is 18.5 Å². The maximum Gasteiger partial charge on any atom is 0.134 e. The van der Waals surface area contributed by atoms with E-state index in [-0.39, 0.29) is 0 Å². The molecule has 0 radical (unpaired) electrons. The Hall–Kier alpha value is -0.543. The molecule has 11 heavy (non-hydrogen) atoms. The SMILES string of the molecule is C=Cc1ncc[nH]1.C[SiH](C)Cl. The van der Waals surface area contributed by atoms with Gasteiger partial charge in [-0.05, 0) is 6.08 Å². The van der Waals surface area contributed by atoms with Gasteiger partial charge in [0.1, 0.15) is 13.9 Å². The van der Waals surface area contributed by atoms with Gasteiger partial charge in [-0.25, -0.2) is 4.98 Å². The van der Waals surface area contributed by atoms with Crippen molar-refractivity contribution in [3.63, 3.8) is 0 Å². The van der Waals surface area contributed by atoms with Crippen molar-refractivity contribution in [3.8, 4) is 0 Å². The number of rotatable bonds is 1. The fourth-order valence-electron chi connectivity index (χ4n) is 0.389. The number of nitrogens with one attached hydrogen (secondary N) is 1. The molecule has 4 heteroatoms. The summed E-state index contributed by atoms with van der Waals surface area (Å²) < 4.78 is 0. The second-order valence-corrected chi connectivity index (χ2v) is 6.84. The van der Waals surface area contributed by atoms with Crippen LogP contribution in [-0.4, -0.2) is 18.1 Å². The molecule has 0 aromatic carbocycles. The van der Waals surface area contributed by atoms with Crippen molar-refractivity contribution in [2.75, 3.05) is 0 Å². The first-order chi connectivity index (χ1) is 5.16. The first-order valence-corrected chi connectivity index (χ1v) is 7.48. The molecule has 0 spiro atoms. The summed E-state index contributed by atoms with van der Waals surface area (Å²) in [5, 5.41) is 0. The zero-order valence-corrected chi connectivity index (χ0v) is 8.75. The van der Waals surface area contributed by atoms with Gasteiger partial charge in [0, 0.05) is 12.4 Å². The summed E-state index contributed by atoms with van der Waals surface area (Å²) in [6.45, 7) is 7.65. The monoisotopic (exact) mass is 188 g/mol. The minimum absolute atomic E-state index is 0.667. The summed E-state index contributed by atoms with van der Waals surface area (Å²) in [5.41, 5.74) is 0. The van der Waals surface area contributed by atoms with Crippen LogP contribution in [0.25, 0.3) is 6.08 Å². The summed E-state index contributed by atoms with van der Waals surface area (Å²) in [4.78, 5) is 6.72. The molecule has 2 nitrogen and oxygen atoms in total. The van der Waals surface area contributed by atoms with E-state index in [1.807, 2.05) is 0 Å². The predicted octanol–water partition coefficient (Wildman–Crippen LogP) is 2.26. The lowest BCUT2D eigenvalue weighted by molar-refractivity contribution is 1.27. The first kappa shape index (κ1) is 10.5. The van der Waals surface area contributed by atoms with Crippen LogP contribution in [0.1, 0.15) is 5.82 Å². The lowest BCUT2D eigenvalue weighted by Gasteiger charge is -1.73. The molecule has 0 saturated heterocycles. The molecule has 1 N–H and O–H groups in total. The highest BCUT2D eigenvalue weighted by Crippen LogP contribution is 1.86. The molecule has 0 fully saturated rings. The average molecular weight is 189 g/mol. The van der Waals surface area contributed by atoms with Crippen molar-refractivity contribution in [1.82, 2.24) is 9.97 Å². The Morgan fingerprint density at radius 2 is 2.27 bits per heavy atom. The topological polar surface area (TPSA) is 28.7 Å². The third kappa shape index (κ3) is 7.35. The zero-order chi connectivity index (χ0) is 8.69. The summed E-state index contributed by atoms with van der Waals surface area (Å²) in [6, 6.07) is 0. The Morgan fingerprint density at radius 1 is 1.73 bits per heavy atom. The van der Waals surface area contributed by atoms with Crippen molar-refractivity contribution in [2.24, 2.45) is 0 Å². The molecule has 0 aliphatic rings. The molecule has 0 aliphatic heterocycles. The summed E-state index contributed by atoms with van der Waals surface area (Å²) in [6.07, 6.45) is 5.12. The van der Waals surface area contributed by atoms with Gasteiger partial charge in [-0.3, -0.25) is 0 Å². The summed E-state index contributed by atoms with van der Waals surface area (Å²) >= 11 is 5.41. The van der Waals surface area contributed by atoms with Gasteiger partial charge in [0.2, 0.25) is 0 Å². The Morgan fingerprint density at radius 3 is 2.45 bits per heavy atom. The normalized spacial score (nSPS) is 8.73. The number of halogens is 1. The van der Waals surface area contributed by atoms with E-state index >= 15 is 0 Å². The van der Waals surface area contributed by atoms with Gasteiger partial charge in [-0.15, -0.1) is 0 Å². The molecule has 1 aromatic heterocycles. The largest absolute Gasteiger partial charge is 0.345 e. The van der Waals surface area contributed by atoms with E-state index in [9.17, 15) is 0 Å². The lowest BCUT2D eigenvalue weighted by Crippen LogP contribution is -1.78. The number of nitrogens with zero attached hydrogens (tertiary/aromatic N) is 1. The quantitative estimate of drug-likeness (QED) is 0.532. The van der Waals surface area contributed by atoms with Gasteiger partial charge in [-0.1, -0.05) is 19.7 Å². The van der Waals surface area contributed by atoms with Crippen LogP contribution in [0.2, 0.25) is 13.1 Å². The fraction of sp³-hybridized carbons (Fsp3) is 0.286. The van der Waals surface area contributed by atoms with Crippen LogP contribution in [0, 0.1) is 0 Å². The van der Waals surface area contributed by atoms with E-state index in [1.165, 1.54) is 0 Å². The highest BCUT2D eigenvalue weighted by molar-refractivity contribution is 7.05. The molecule has 0 unspecified atom stereocenters. The van der Waals surface area contributed by atoms with Crippen molar-refractivity contribution in [2.45, 2.75) is 13.1 Å². The van der Waals surface area contributed by atoms with Crippen molar-refractivity contribution in [1.29, 1.82) is 0 Å². The molecule has 0 saturated carbocycles. The molecule has 0 amide bonds. The molecule has 1 heterocycles. The second kappa shape index (κ2) is 6.19. The predicted molar refractivity (Wildman–Crippen MR) is 53.4 cm³/mol. The Balaban J connectivity index is 0.000000218. The minimum atomic E-state index is -0.667. The van der Waals surface area contributed by atoms with Crippen LogP contribution in [0.15, 0.2) is 19.0 Å². The average Bonchev–Trinajstić information content (AvgIpc) is 2.36. The third-order valence-corrected chi connectivity index (χ3v) is 0.713. The molecule has 1 aromatic rings. The number of H-pyrrole nitrogens is 1. The summed E-state index contributed by atoms with van der Waals surface area (Å²) in [5.74, 6) is 0.819. The van der Waals surface area contributed by atoms with Crippen LogP contribution >= 0.6 is 11.1 Å². The Labute approximate surface area is 73.6 Å². The molecule has 1 rings (SSSR count). The molecule has 62 valence electrons. The van der Waals surface area contributed by atoms with Gasteiger partial charge in [-0.2, -0.15) is 11.1 Å². The van der Waals surface area contributed by atoms with E-state index < -0.39 is 8.11 Å². The molecule has 0 bridgehead atoms. The molecular formula is C7H13ClN2Si. The number of aromatic nitrogens is 2. The van der Waals surface area contributed by atoms with Crippen LogP contribution in [0.3, 0.4) is 0 Å². The number of imidazole rings is 1. The fourth-order valence-corrected chi connectivity index (χ4v) is 0.389. The van der Waals surface area contributed by atoms with Crippen LogP contribution in [-0.2, 0) is 0 Å². The third-order valence-electron chi connectivity index (χ3n) is 0.713. The van der Waals surface area contributed by atoms with Gasteiger partial charge in [0.15, 0.2) is 0 Å². The highest BCUT2D eigenvalue weighted by Gasteiger charge is 1.78. The van der Waals surface area contributed by atoms with E-state index in [4.69, 9.17) is 11.1 Å². The maximum absolute atomic E-state index is 5.41. The minimum Gasteiger partial charge on any atom is -0.345 e.